The van der Waals surface area contributed by atoms with E-state index in [1.54, 1.807) is 6.92 Å². The van der Waals surface area contributed by atoms with Gasteiger partial charge < -0.3 is 19.9 Å². The second kappa shape index (κ2) is 13.3. The zero-order valence-corrected chi connectivity index (χ0v) is 13.9. The van der Waals surface area contributed by atoms with Gasteiger partial charge in [-0.15, -0.1) is 0 Å². The van der Waals surface area contributed by atoms with Gasteiger partial charge in [-0.3, -0.25) is 4.79 Å². The molecule has 0 spiro atoms. The molecule has 0 unspecified atom stereocenters. The van der Waals surface area contributed by atoms with Crippen molar-refractivity contribution in [2.24, 2.45) is 0 Å². The van der Waals surface area contributed by atoms with E-state index in [4.69, 9.17) is 4.74 Å². The predicted molar refractivity (Wildman–Crippen MR) is 86.1 cm³/mol. The first-order valence-electron chi connectivity index (χ1n) is 6.73. The van der Waals surface area contributed by atoms with Gasteiger partial charge in [0.05, 0.1) is 0 Å². The molecule has 21 heavy (non-hydrogen) atoms. The number of ether oxygens (including phenoxy) is 1. The highest BCUT2D eigenvalue weighted by Gasteiger charge is 2.01. The summed E-state index contributed by atoms with van der Waals surface area (Å²) in [6.07, 6.45) is 1.27. The number of esters is 1. The molecule has 0 aromatic rings. The Morgan fingerprint density at radius 3 is 2.05 bits per heavy atom. The van der Waals surface area contributed by atoms with Crippen molar-refractivity contribution in [2.45, 2.75) is 6.92 Å². The third-order valence-electron chi connectivity index (χ3n) is 2.16. The Labute approximate surface area is 128 Å². The van der Waals surface area contributed by atoms with Crippen LogP contribution in [0.25, 0.3) is 0 Å². The van der Waals surface area contributed by atoms with Crippen molar-refractivity contribution in [1.82, 2.24) is 15.1 Å². The van der Waals surface area contributed by atoms with Gasteiger partial charge in [0.2, 0.25) is 5.91 Å². The molecule has 0 aromatic heterocycles. The quantitative estimate of drug-likeness (QED) is 0.523. The second-order valence-corrected chi connectivity index (χ2v) is 5.02. The molecule has 0 aliphatic rings. The molecule has 0 atom stereocenters. The van der Waals surface area contributed by atoms with E-state index in [1.807, 2.05) is 38.0 Å². The van der Waals surface area contributed by atoms with Gasteiger partial charge in [-0.25, -0.2) is 4.79 Å². The van der Waals surface area contributed by atoms with Crippen LogP contribution in [0.5, 0.6) is 0 Å². The van der Waals surface area contributed by atoms with Crippen molar-refractivity contribution in [1.29, 1.82) is 0 Å². The summed E-state index contributed by atoms with van der Waals surface area (Å²) >= 11 is 0. The van der Waals surface area contributed by atoms with Crippen LogP contribution in [0.3, 0.4) is 0 Å². The van der Waals surface area contributed by atoms with E-state index in [-0.39, 0.29) is 11.9 Å². The Kier molecular flexibility index (Phi) is 13.7. The molecule has 6 heteroatoms. The van der Waals surface area contributed by atoms with Gasteiger partial charge in [-0.1, -0.05) is 13.2 Å². The molecule has 0 aliphatic heterocycles. The number of nitrogens with one attached hydrogen (secondary N) is 1. The number of carbonyl (C=O) groups excluding carboxylic acids is 2. The summed E-state index contributed by atoms with van der Waals surface area (Å²) in [4.78, 5) is 25.3. The van der Waals surface area contributed by atoms with Gasteiger partial charge in [-0.2, -0.15) is 0 Å². The summed E-state index contributed by atoms with van der Waals surface area (Å²) in [5, 5.41) is 2.66. The van der Waals surface area contributed by atoms with Crippen LogP contribution in [0, 0.1) is 0 Å². The molecule has 0 aromatic carbocycles. The normalized spacial score (nSPS) is 9.67. The van der Waals surface area contributed by atoms with Gasteiger partial charge in [0.25, 0.3) is 0 Å². The van der Waals surface area contributed by atoms with E-state index in [0.29, 0.717) is 18.7 Å². The molecule has 0 rings (SSSR count). The minimum atomic E-state index is -0.313. The van der Waals surface area contributed by atoms with Crippen LogP contribution in [0.15, 0.2) is 24.8 Å². The molecule has 1 N–H and O–H groups in total. The molecular weight excluding hydrogens is 270 g/mol. The molecule has 0 saturated heterocycles. The average Bonchev–Trinajstić information content (AvgIpc) is 2.38. The molecule has 122 valence electrons. The highest BCUT2D eigenvalue weighted by molar-refractivity contribution is 5.87. The number of likely N-dealkylation sites (N-methyl/N-ethyl adjacent to an activating group) is 2. The van der Waals surface area contributed by atoms with Crippen molar-refractivity contribution >= 4 is 11.9 Å². The molecular formula is C15H29N3O3. The summed E-state index contributed by atoms with van der Waals surface area (Å²) in [6.45, 7) is 11.2. The Balaban J connectivity index is 0. The highest BCUT2D eigenvalue weighted by Crippen LogP contribution is 1.91. The zero-order chi connectivity index (χ0) is 16.8. The third-order valence-corrected chi connectivity index (χ3v) is 2.16. The highest BCUT2D eigenvalue weighted by atomic mass is 16.5. The lowest BCUT2D eigenvalue weighted by Crippen LogP contribution is -2.29. The van der Waals surface area contributed by atoms with Crippen LogP contribution in [-0.2, 0) is 14.3 Å². The molecule has 0 heterocycles. The van der Waals surface area contributed by atoms with Crippen LogP contribution in [-0.4, -0.2) is 76.1 Å². The number of carbonyl (C=O) groups is 2. The van der Waals surface area contributed by atoms with E-state index >= 15 is 0 Å². The summed E-state index contributed by atoms with van der Waals surface area (Å²) < 4.78 is 4.83. The van der Waals surface area contributed by atoms with Gasteiger partial charge in [0.1, 0.15) is 6.61 Å². The maximum atomic E-state index is 10.8. The number of nitrogens with zero attached hydrogens (tertiary/aromatic N) is 2. The minimum Gasteiger partial charge on any atom is -0.461 e. The first-order chi connectivity index (χ1) is 9.70. The lowest BCUT2D eigenvalue weighted by atomic mass is 10.4. The summed E-state index contributed by atoms with van der Waals surface area (Å²) in [7, 11) is 7.77. The second-order valence-electron chi connectivity index (χ2n) is 5.02. The van der Waals surface area contributed by atoms with Crippen LogP contribution in [0.1, 0.15) is 6.92 Å². The molecule has 6 nitrogen and oxygen atoms in total. The average molecular weight is 299 g/mol. The van der Waals surface area contributed by atoms with Gasteiger partial charge in [0, 0.05) is 25.2 Å². The molecule has 0 aliphatic carbocycles. The fourth-order valence-electron chi connectivity index (χ4n) is 0.919. The zero-order valence-electron chi connectivity index (χ0n) is 13.9. The monoisotopic (exact) mass is 299 g/mol. The number of hydrogen-bond acceptors (Lipinski definition) is 5. The smallest absolute Gasteiger partial charge is 0.333 e. The van der Waals surface area contributed by atoms with Gasteiger partial charge in [-0.05, 0) is 41.2 Å². The largest absolute Gasteiger partial charge is 0.461 e. The Morgan fingerprint density at radius 1 is 1.14 bits per heavy atom. The maximum absolute atomic E-state index is 10.8. The predicted octanol–water partition coefficient (Wildman–Crippen LogP) is 0.518. The lowest BCUT2D eigenvalue weighted by molar-refractivity contribution is -0.139. The fourth-order valence-corrected chi connectivity index (χ4v) is 0.919. The Morgan fingerprint density at radius 2 is 1.67 bits per heavy atom. The lowest BCUT2D eigenvalue weighted by Gasteiger charge is -2.09. The van der Waals surface area contributed by atoms with Crippen LogP contribution < -0.4 is 5.32 Å². The summed E-state index contributed by atoms with van der Waals surface area (Å²) in [6, 6.07) is 0. The van der Waals surface area contributed by atoms with Gasteiger partial charge >= 0.3 is 5.97 Å². The summed E-state index contributed by atoms with van der Waals surface area (Å²) in [5.74, 6) is -0.422. The van der Waals surface area contributed by atoms with E-state index in [2.05, 4.69) is 18.5 Å². The maximum Gasteiger partial charge on any atom is 0.333 e. The molecule has 0 fully saturated rings. The van der Waals surface area contributed by atoms with Gasteiger partial charge in [0.15, 0.2) is 0 Å². The number of amides is 1. The van der Waals surface area contributed by atoms with Crippen LogP contribution in [0.4, 0.5) is 0 Å². The molecule has 0 bridgehead atoms. The Hall–Kier alpha value is -1.66. The van der Waals surface area contributed by atoms with Crippen molar-refractivity contribution < 1.29 is 14.3 Å². The van der Waals surface area contributed by atoms with Crippen LogP contribution in [0.2, 0.25) is 0 Å². The SMILES string of the molecule is C=C(C)C(=O)OCCN(C)C.C=CC(=O)NCCN(C)C. The molecule has 0 radical (unpaired) electrons. The first-order valence-corrected chi connectivity index (χ1v) is 6.73. The number of rotatable bonds is 8. The van der Waals surface area contributed by atoms with E-state index in [0.717, 1.165) is 13.1 Å². The minimum absolute atomic E-state index is 0.109. The topological polar surface area (TPSA) is 61.9 Å². The number of hydrogen-bond donors (Lipinski definition) is 1. The van der Waals surface area contributed by atoms with E-state index in [9.17, 15) is 9.59 Å². The van der Waals surface area contributed by atoms with E-state index in [1.165, 1.54) is 6.08 Å². The standard InChI is InChI=1S/C8H15NO2.C7H14N2O/c1-7(2)8(10)11-6-5-9(3)4;1-4-7(10)8-5-6-9(2)3/h1,5-6H2,2-4H3;4H,1,5-6H2,2-3H3,(H,8,10). The fraction of sp³-hybridized carbons (Fsp3) is 0.600. The third kappa shape index (κ3) is 18.3. The van der Waals surface area contributed by atoms with Crippen molar-refractivity contribution in [3.05, 3.63) is 24.8 Å². The van der Waals surface area contributed by atoms with Crippen molar-refractivity contribution in [3.63, 3.8) is 0 Å². The van der Waals surface area contributed by atoms with Crippen molar-refractivity contribution in [3.8, 4) is 0 Å². The van der Waals surface area contributed by atoms with E-state index < -0.39 is 0 Å². The van der Waals surface area contributed by atoms with Crippen molar-refractivity contribution in [2.75, 3.05) is 54.4 Å². The Bertz CT molecular complexity index is 339. The molecule has 1 amide bonds. The van der Waals surface area contributed by atoms with Crippen LogP contribution >= 0.6 is 0 Å². The first kappa shape index (κ1) is 21.6. The molecule has 0 saturated carbocycles. The summed E-state index contributed by atoms with van der Waals surface area (Å²) in [5.41, 5.74) is 0.448.